The van der Waals surface area contributed by atoms with Gasteiger partial charge in [0.1, 0.15) is 16.8 Å². The summed E-state index contributed by atoms with van der Waals surface area (Å²) in [6.45, 7) is 5.08. The van der Waals surface area contributed by atoms with Crippen LogP contribution in [-0.2, 0) is 20.0 Å². The second-order valence-electron chi connectivity index (χ2n) is 9.32. The van der Waals surface area contributed by atoms with E-state index in [0.29, 0.717) is 6.42 Å². The van der Waals surface area contributed by atoms with Crippen LogP contribution in [0.4, 0.5) is 0 Å². The van der Waals surface area contributed by atoms with E-state index in [4.69, 9.17) is 9.05 Å². The van der Waals surface area contributed by atoms with Crippen molar-refractivity contribution in [1.82, 2.24) is 5.32 Å². The number of carbonyl (C=O) groups is 3. The van der Waals surface area contributed by atoms with Crippen LogP contribution in [0.25, 0.3) is 0 Å². The highest BCUT2D eigenvalue weighted by Gasteiger charge is 2.48. The Morgan fingerprint density at radius 1 is 0.872 bits per heavy atom. The molecule has 10 heteroatoms. The number of phenolic OH excluding ortho intramolecular Hbond substituents is 2. The van der Waals surface area contributed by atoms with Crippen molar-refractivity contribution in [2.75, 3.05) is 13.2 Å². The van der Waals surface area contributed by atoms with Gasteiger partial charge in [0, 0.05) is 16.7 Å². The van der Waals surface area contributed by atoms with Gasteiger partial charge in [0.2, 0.25) is 5.78 Å². The minimum atomic E-state index is -3.90. The van der Waals surface area contributed by atoms with Crippen molar-refractivity contribution in [2.24, 2.45) is 0 Å². The smallest absolute Gasteiger partial charge is 0.355 e. The Hall–Kier alpha value is -3.78. The number of aromatic hydroxyl groups is 2. The van der Waals surface area contributed by atoms with E-state index in [1.54, 1.807) is 20.8 Å². The van der Waals surface area contributed by atoms with Gasteiger partial charge in [-0.1, -0.05) is 42.5 Å². The quantitative estimate of drug-likeness (QED) is 0.228. The Balaban J connectivity index is 1.72. The van der Waals surface area contributed by atoms with Gasteiger partial charge in [-0.2, -0.15) is 0 Å². The van der Waals surface area contributed by atoms with Gasteiger partial charge in [-0.3, -0.25) is 18.9 Å². The standard InChI is InChI=1S/C29H30NO8P/c1-4-37-39(36,38-5-2)29(3,15-14-18-10-7-6-8-11-18)30-28(35)19-16-21-25(23(32)17-19)27(34)24-20(26(21)33)12-9-13-22(24)31/h6-13,16-17,31-32H,4-5,14-15H2,1-3H3,(H,30,35). The summed E-state index contributed by atoms with van der Waals surface area (Å²) in [6.07, 6.45) is 0.644. The maximum Gasteiger partial charge on any atom is 0.355 e. The van der Waals surface area contributed by atoms with Crippen molar-refractivity contribution in [1.29, 1.82) is 0 Å². The van der Waals surface area contributed by atoms with Crippen LogP contribution in [0.15, 0.2) is 60.7 Å². The van der Waals surface area contributed by atoms with Gasteiger partial charge in [0.25, 0.3) is 5.91 Å². The van der Waals surface area contributed by atoms with Crippen LogP contribution in [0.3, 0.4) is 0 Å². The van der Waals surface area contributed by atoms with Crippen molar-refractivity contribution < 1.29 is 38.2 Å². The van der Waals surface area contributed by atoms with E-state index in [9.17, 15) is 29.2 Å². The number of hydrogen-bond acceptors (Lipinski definition) is 8. The van der Waals surface area contributed by atoms with Crippen LogP contribution in [-0.4, -0.2) is 46.2 Å². The van der Waals surface area contributed by atoms with E-state index in [2.05, 4.69) is 5.32 Å². The molecule has 204 valence electrons. The Morgan fingerprint density at radius 3 is 2.15 bits per heavy atom. The SMILES string of the molecule is CCOP(=O)(OCC)C(C)(CCc1ccccc1)NC(=O)c1cc(O)c2c(c1)C(=O)c1cccc(O)c1C2=O. The number of ketones is 2. The van der Waals surface area contributed by atoms with E-state index in [-0.39, 0.29) is 53.2 Å². The molecule has 39 heavy (non-hydrogen) atoms. The lowest BCUT2D eigenvalue weighted by atomic mass is 9.82. The fourth-order valence-corrected chi connectivity index (χ4v) is 6.64. The molecule has 3 aromatic rings. The molecule has 0 bridgehead atoms. The number of phenols is 2. The minimum Gasteiger partial charge on any atom is -0.507 e. The van der Waals surface area contributed by atoms with Crippen molar-refractivity contribution in [2.45, 2.75) is 38.9 Å². The molecule has 1 aliphatic rings. The normalized spacial score (nSPS) is 14.3. The molecule has 9 nitrogen and oxygen atoms in total. The van der Waals surface area contributed by atoms with Gasteiger partial charge < -0.3 is 24.6 Å². The Bertz CT molecular complexity index is 1480. The molecule has 3 aromatic carbocycles. The van der Waals surface area contributed by atoms with Crippen LogP contribution in [0.2, 0.25) is 0 Å². The molecule has 0 heterocycles. The van der Waals surface area contributed by atoms with Crippen molar-refractivity contribution in [3.8, 4) is 11.5 Å². The number of amides is 1. The minimum absolute atomic E-state index is 0.0330. The molecule has 4 rings (SSSR count). The van der Waals surface area contributed by atoms with E-state index in [1.807, 2.05) is 30.3 Å². The number of hydrogen-bond donors (Lipinski definition) is 3. The summed E-state index contributed by atoms with van der Waals surface area (Å²) in [5, 5.41) is 22.2. The molecular formula is C29H30NO8P. The first-order valence-electron chi connectivity index (χ1n) is 12.6. The van der Waals surface area contributed by atoms with Crippen LogP contribution < -0.4 is 5.32 Å². The summed E-state index contributed by atoms with van der Waals surface area (Å²) in [5.74, 6) is -3.07. The van der Waals surface area contributed by atoms with Gasteiger partial charge in [0.15, 0.2) is 5.78 Å². The third-order valence-corrected chi connectivity index (χ3v) is 9.43. The van der Waals surface area contributed by atoms with E-state index in [0.717, 1.165) is 11.6 Å². The van der Waals surface area contributed by atoms with Crippen LogP contribution >= 0.6 is 7.60 Å². The summed E-state index contributed by atoms with van der Waals surface area (Å²) in [4.78, 5) is 39.8. The van der Waals surface area contributed by atoms with Gasteiger partial charge in [-0.15, -0.1) is 0 Å². The molecule has 0 aromatic heterocycles. The highest BCUT2D eigenvalue weighted by Crippen LogP contribution is 2.60. The third kappa shape index (κ3) is 5.26. The molecule has 0 fully saturated rings. The summed E-state index contributed by atoms with van der Waals surface area (Å²) < 4.78 is 25.2. The zero-order chi connectivity index (χ0) is 28.4. The van der Waals surface area contributed by atoms with E-state index >= 15 is 0 Å². The van der Waals surface area contributed by atoms with E-state index < -0.39 is 36.1 Å². The molecule has 1 atom stereocenters. The van der Waals surface area contributed by atoms with Crippen LogP contribution in [0, 0.1) is 0 Å². The second kappa shape index (κ2) is 11.1. The van der Waals surface area contributed by atoms with Crippen LogP contribution in [0.1, 0.15) is 75.0 Å². The van der Waals surface area contributed by atoms with E-state index in [1.165, 1.54) is 24.3 Å². The number of benzene rings is 3. The number of carbonyl (C=O) groups excluding carboxylic acids is 3. The van der Waals surface area contributed by atoms with Crippen molar-refractivity contribution >= 4 is 25.1 Å². The molecule has 1 unspecified atom stereocenters. The number of rotatable bonds is 10. The predicted octanol–water partition coefficient (Wildman–Crippen LogP) is 5.22. The first kappa shape index (κ1) is 28.2. The number of fused-ring (bicyclic) bond motifs is 2. The predicted molar refractivity (Wildman–Crippen MR) is 145 cm³/mol. The first-order valence-corrected chi connectivity index (χ1v) is 14.1. The monoisotopic (exact) mass is 551 g/mol. The largest absolute Gasteiger partial charge is 0.507 e. The summed E-state index contributed by atoms with van der Waals surface area (Å²) in [5.41, 5.74) is 0.120. The Morgan fingerprint density at radius 2 is 1.51 bits per heavy atom. The molecule has 3 N–H and O–H groups in total. The number of aryl methyl sites for hydroxylation is 1. The highest BCUT2D eigenvalue weighted by molar-refractivity contribution is 7.55. The van der Waals surface area contributed by atoms with Crippen molar-refractivity contribution in [3.63, 3.8) is 0 Å². The zero-order valence-corrected chi connectivity index (χ0v) is 22.8. The topological polar surface area (TPSA) is 139 Å². The summed E-state index contributed by atoms with van der Waals surface area (Å²) >= 11 is 0. The zero-order valence-electron chi connectivity index (χ0n) is 21.9. The van der Waals surface area contributed by atoms with Gasteiger partial charge in [-0.25, -0.2) is 0 Å². The second-order valence-corrected chi connectivity index (χ2v) is 11.8. The summed E-state index contributed by atoms with van der Waals surface area (Å²) in [6, 6.07) is 15.8. The fourth-order valence-electron chi connectivity index (χ4n) is 4.69. The third-order valence-electron chi connectivity index (χ3n) is 6.69. The van der Waals surface area contributed by atoms with Gasteiger partial charge in [-0.05, 0) is 57.4 Å². The molecule has 0 saturated carbocycles. The summed E-state index contributed by atoms with van der Waals surface area (Å²) in [7, 11) is -3.90. The average molecular weight is 552 g/mol. The molecule has 1 amide bonds. The average Bonchev–Trinajstić information content (AvgIpc) is 2.91. The van der Waals surface area contributed by atoms with Crippen LogP contribution in [0.5, 0.6) is 11.5 Å². The lowest BCUT2D eigenvalue weighted by molar-refractivity contribution is 0.0903. The lowest BCUT2D eigenvalue weighted by Gasteiger charge is -2.37. The molecule has 0 radical (unpaired) electrons. The van der Waals surface area contributed by atoms with Gasteiger partial charge in [0.05, 0.1) is 24.3 Å². The Labute approximate surface area is 226 Å². The molecule has 0 saturated heterocycles. The Kier molecular flexibility index (Phi) is 8.07. The first-order chi connectivity index (χ1) is 18.5. The maximum atomic E-state index is 14.0. The molecule has 0 aliphatic heterocycles. The maximum absolute atomic E-state index is 14.0. The molecular weight excluding hydrogens is 521 g/mol. The highest BCUT2D eigenvalue weighted by atomic mass is 31.2. The number of nitrogens with one attached hydrogen (secondary N) is 1. The molecule has 0 spiro atoms. The van der Waals surface area contributed by atoms with Crippen molar-refractivity contribution in [3.05, 3.63) is 94.0 Å². The molecule has 1 aliphatic carbocycles. The lowest BCUT2D eigenvalue weighted by Crippen LogP contribution is -2.47. The fraction of sp³-hybridized carbons (Fsp3) is 0.276. The van der Waals surface area contributed by atoms with Gasteiger partial charge >= 0.3 is 7.60 Å².